The predicted octanol–water partition coefficient (Wildman–Crippen LogP) is 0.711. The summed E-state index contributed by atoms with van der Waals surface area (Å²) >= 11 is 0. The first kappa shape index (κ1) is 7.21. The molecule has 2 amide bonds. The van der Waals surface area contributed by atoms with Gasteiger partial charge >= 0.3 is 6.03 Å². The first-order valence-electron chi connectivity index (χ1n) is 3.92. The predicted molar refractivity (Wildman–Crippen MR) is 44.7 cm³/mol. The van der Waals surface area contributed by atoms with Gasteiger partial charge in [-0.15, -0.1) is 0 Å². The highest BCUT2D eigenvalue weighted by Gasteiger charge is 2.28. The van der Waals surface area contributed by atoms with E-state index in [4.69, 9.17) is 0 Å². The third-order valence-corrected chi connectivity index (χ3v) is 2.24. The molecule has 1 unspecified atom stereocenters. The number of likely N-dealkylation sites (N-methyl/N-ethyl adjacent to an activating group) is 1. The molecule has 0 aliphatic carbocycles. The number of nitrogens with zero attached hydrogens (tertiary/aromatic N) is 1. The third kappa shape index (κ3) is 0.958. The van der Waals surface area contributed by atoms with Crippen LogP contribution in [0.5, 0.6) is 0 Å². The average Bonchev–Trinajstić information content (AvgIpc) is 2.64. The van der Waals surface area contributed by atoms with Crippen LogP contribution >= 0.6 is 0 Å². The van der Waals surface area contributed by atoms with Crippen LogP contribution in [0.3, 0.4) is 0 Å². The van der Waals surface area contributed by atoms with Gasteiger partial charge in [0.05, 0.1) is 6.04 Å². The fourth-order valence-corrected chi connectivity index (χ4v) is 1.47. The monoisotopic (exact) mass is 165 g/mol. The number of urea groups is 1. The second kappa shape index (κ2) is 2.55. The van der Waals surface area contributed by atoms with Crippen molar-refractivity contribution in [3.05, 3.63) is 24.0 Å². The molecule has 1 aliphatic heterocycles. The van der Waals surface area contributed by atoms with Gasteiger partial charge in [0.15, 0.2) is 0 Å². The zero-order valence-corrected chi connectivity index (χ0v) is 6.87. The Morgan fingerprint density at radius 3 is 3.00 bits per heavy atom. The minimum Gasteiger partial charge on any atom is -0.367 e. The van der Waals surface area contributed by atoms with Crippen molar-refractivity contribution in [3.63, 3.8) is 0 Å². The SMILES string of the molecule is CN1C(=O)NCC1c1cc[nH]c1. The molecule has 2 heterocycles. The van der Waals surface area contributed by atoms with Gasteiger partial charge < -0.3 is 15.2 Å². The molecular formula is C8H11N3O. The maximum atomic E-state index is 11.1. The van der Waals surface area contributed by atoms with Crippen molar-refractivity contribution in [2.24, 2.45) is 0 Å². The summed E-state index contributed by atoms with van der Waals surface area (Å²) in [4.78, 5) is 15.8. The fourth-order valence-electron chi connectivity index (χ4n) is 1.47. The number of aromatic nitrogens is 1. The largest absolute Gasteiger partial charge is 0.367 e. The van der Waals surface area contributed by atoms with Crippen LogP contribution in [0.25, 0.3) is 0 Å². The summed E-state index contributed by atoms with van der Waals surface area (Å²) in [5.41, 5.74) is 1.15. The van der Waals surface area contributed by atoms with E-state index in [1.165, 1.54) is 0 Å². The van der Waals surface area contributed by atoms with Gasteiger partial charge in [0, 0.05) is 26.0 Å². The van der Waals surface area contributed by atoms with Crippen LogP contribution in [0.15, 0.2) is 18.5 Å². The molecule has 0 bridgehead atoms. The fraction of sp³-hybridized carbons (Fsp3) is 0.375. The standard InChI is InChI=1S/C8H11N3O/c1-11-7(5-10-8(11)12)6-2-3-9-4-6/h2-4,7,9H,5H2,1H3,(H,10,12). The van der Waals surface area contributed by atoms with E-state index in [2.05, 4.69) is 10.3 Å². The van der Waals surface area contributed by atoms with Crippen LogP contribution < -0.4 is 5.32 Å². The van der Waals surface area contributed by atoms with Crippen LogP contribution in [-0.4, -0.2) is 29.5 Å². The lowest BCUT2D eigenvalue weighted by Crippen LogP contribution is -2.25. The van der Waals surface area contributed by atoms with Crippen molar-refractivity contribution < 1.29 is 4.79 Å². The van der Waals surface area contributed by atoms with Crippen molar-refractivity contribution in [1.82, 2.24) is 15.2 Å². The highest BCUT2D eigenvalue weighted by molar-refractivity contribution is 5.76. The summed E-state index contributed by atoms with van der Waals surface area (Å²) in [6.45, 7) is 0.702. The Morgan fingerprint density at radius 1 is 1.67 bits per heavy atom. The van der Waals surface area contributed by atoms with E-state index in [1.807, 2.05) is 18.5 Å². The Morgan fingerprint density at radius 2 is 2.50 bits per heavy atom. The molecule has 1 aliphatic rings. The Balaban J connectivity index is 2.21. The zero-order chi connectivity index (χ0) is 8.55. The second-order valence-corrected chi connectivity index (χ2v) is 2.96. The lowest BCUT2D eigenvalue weighted by molar-refractivity contribution is 0.217. The molecule has 4 nitrogen and oxygen atoms in total. The van der Waals surface area contributed by atoms with Crippen molar-refractivity contribution in [2.45, 2.75) is 6.04 Å². The summed E-state index contributed by atoms with van der Waals surface area (Å²) < 4.78 is 0. The van der Waals surface area contributed by atoms with Gasteiger partial charge in [-0.3, -0.25) is 0 Å². The van der Waals surface area contributed by atoms with E-state index in [0.29, 0.717) is 6.54 Å². The molecule has 1 aromatic heterocycles. The molecule has 2 N–H and O–H groups in total. The maximum absolute atomic E-state index is 11.1. The molecule has 0 aromatic carbocycles. The van der Waals surface area contributed by atoms with Gasteiger partial charge in [0.2, 0.25) is 0 Å². The number of aromatic amines is 1. The van der Waals surface area contributed by atoms with Crippen LogP contribution in [0, 0.1) is 0 Å². The molecule has 1 fully saturated rings. The lowest BCUT2D eigenvalue weighted by Gasteiger charge is -2.15. The molecule has 1 atom stereocenters. The topological polar surface area (TPSA) is 48.1 Å². The summed E-state index contributed by atoms with van der Waals surface area (Å²) in [6, 6.07) is 2.17. The lowest BCUT2D eigenvalue weighted by atomic mass is 10.1. The molecule has 12 heavy (non-hydrogen) atoms. The van der Waals surface area contributed by atoms with E-state index in [0.717, 1.165) is 5.56 Å². The molecule has 0 radical (unpaired) electrons. The second-order valence-electron chi connectivity index (χ2n) is 2.96. The van der Waals surface area contributed by atoms with Gasteiger partial charge in [-0.25, -0.2) is 4.79 Å². The van der Waals surface area contributed by atoms with Crippen molar-refractivity contribution in [1.29, 1.82) is 0 Å². The molecule has 1 aromatic rings. The quantitative estimate of drug-likeness (QED) is 0.632. The van der Waals surface area contributed by atoms with Crippen LogP contribution in [0.2, 0.25) is 0 Å². The van der Waals surface area contributed by atoms with Crippen molar-refractivity contribution >= 4 is 6.03 Å². The number of H-pyrrole nitrogens is 1. The van der Waals surface area contributed by atoms with Gasteiger partial charge in [-0.1, -0.05) is 0 Å². The first-order valence-corrected chi connectivity index (χ1v) is 3.92. The summed E-state index contributed by atoms with van der Waals surface area (Å²) in [5.74, 6) is 0. The Labute approximate surface area is 70.6 Å². The molecule has 0 saturated carbocycles. The number of hydrogen-bond donors (Lipinski definition) is 2. The molecule has 0 spiro atoms. The van der Waals surface area contributed by atoms with E-state index in [-0.39, 0.29) is 12.1 Å². The Kier molecular flexibility index (Phi) is 1.53. The minimum atomic E-state index is 0.00111. The summed E-state index contributed by atoms with van der Waals surface area (Å²) in [6.07, 6.45) is 3.79. The van der Waals surface area contributed by atoms with Gasteiger partial charge in [0.1, 0.15) is 0 Å². The van der Waals surface area contributed by atoms with Crippen molar-refractivity contribution in [2.75, 3.05) is 13.6 Å². The molecule has 1 saturated heterocycles. The van der Waals surface area contributed by atoms with Crippen LogP contribution in [-0.2, 0) is 0 Å². The summed E-state index contributed by atoms with van der Waals surface area (Å²) in [7, 11) is 1.81. The van der Waals surface area contributed by atoms with Crippen LogP contribution in [0.1, 0.15) is 11.6 Å². The van der Waals surface area contributed by atoms with E-state index >= 15 is 0 Å². The van der Waals surface area contributed by atoms with E-state index < -0.39 is 0 Å². The highest BCUT2D eigenvalue weighted by atomic mass is 16.2. The number of hydrogen-bond acceptors (Lipinski definition) is 1. The number of amides is 2. The summed E-state index contributed by atoms with van der Waals surface area (Å²) in [5, 5.41) is 2.78. The van der Waals surface area contributed by atoms with E-state index in [9.17, 15) is 4.79 Å². The van der Waals surface area contributed by atoms with Gasteiger partial charge in [0.25, 0.3) is 0 Å². The number of nitrogens with one attached hydrogen (secondary N) is 2. The van der Waals surface area contributed by atoms with Gasteiger partial charge in [-0.05, 0) is 11.6 Å². The molecule has 2 rings (SSSR count). The minimum absolute atomic E-state index is 0.00111. The van der Waals surface area contributed by atoms with E-state index in [1.54, 1.807) is 11.9 Å². The molecular weight excluding hydrogens is 154 g/mol. The van der Waals surface area contributed by atoms with Crippen LogP contribution in [0.4, 0.5) is 4.79 Å². The normalized spacial score (nSPS) is 22.9. The third-order valence-electron chi connectivity index (χ3n) is 2.24. The highest BCUT2D eigenvalue weighted by Crippen LogP contribution is 2.21. The number of carbonyl (C=O) groups is 1. The molecule has 4 heteroatoms. The maximum Gasteiger partial charge on any atom is 0.317 e. The van der Waals surface area contributed by atoms with Gasteiger partial charge in [-0.2, -0.15) is 0 Å². The molecule has 64 valence electrons. The average molecular weight is 165 g/mol. The first-order chi connectivity index (χ1) is 5.79. The Hall–Kier alpha value is -1.45. The zero-order valence-electron chi connectivity index (χ0n) is 6.87. The number of rotatable bonds is 1. The Bertz CT molecular complexity index is 281. The van der Waals surface area contributed by atoms with Crippen molar-refractivity contribution in [3.8, 4) is 0 Å². The smallest absolute Gasteiger partial charge is 0.317 e. The number of carbonyl (C=O) groups excluding carboxylic acids is 1.